The lowest BCUT2D eigenvalue weighted by Gasteiger charge is -1.97. The summed E-state index contributed by atoms with van der Waals surface area (Å²) in [5, 5.41) is 1.41. The van der Waals surface area contributed by atoms with Crippen LogP contribution in [0.3, 0.4) is 0 Å². The highest BCUT2D eigenvalue weighted by Crippen LogP contribution is 2.34. The lowest BCUT2D eigenvalue weighted by molar-refractivity contribution is 0.729. The molecule has 1 aliphatic rings. The van der Waals surface area contributed by atoms with Crippen LogP contribution in [0.25, 0.3) is 10.9 Å². The normalized spacial score (nSPS) is 16.3. The van der Waals surface area contributed by atoms with Gasteiger partial charge in [-0.3, -0.25) is 0 Å². The number of benzene rings is 1. The van der Waals surface area contributed by atoms with E-state index in [0.29, 0.717) is 0 Å². The smallest absolute Gasteiger partial charge is 0.0456 e. The van der Waals surface area contributed by atoms with Crippen LogP contribution in [0.4, 0.5) is 0 Å². The van der Waals surface area contributed by atoms with E-state index in [0.717, 1.165) is 5.92 Å². The Morgan fingerprint density at radius 3 is 2.93 bits per heavy atom. The topological polar surface area (TPSA) is 15.8 Å². The van der Waals surface area contributed by atoms with Crippen LogP contribution < -0.4 is 0 Å². The maximum Gasteiger partial charge on any atom is 0.0456 e. The third-order valence-corrected chi connectivity index (χ3v) is 3.19. The minimum atomic E-state index is 1.03. The summed E-state index contributed by atoms with van der Waals surface area (Å²) < 4.78 is 0. The number of para-hydroxylation sites is 1. The van der Waals surface area contributed by atoms with Crippen LogP contribution in [-0.4, -0.2) is 4.98 Å². The van der Waals surface area contributed by atoms with Crippen molar-refractivity contribution in [3.8, 4) is 0 Å². The van der Waals surface area contributed by atoms with Crippen LogP contribution in [0.2, 0.25) is 0 Å². The first kappa shape index (κ1) is 8.10. The monoisotopic (exact) mass is 185 g/mol. The zero-order chi connectivity index (χ0) is 9.38. The van der Waals surface area contributed by atoms with Gasteiger partial charge in [-0.2, -0.15) is 0 Å². The molecule has 1 aromatic heterocycles. The minimum Gasteiger partial charge on any atom is -0.361 e. The Morgan fingerprint density at radius 2 is 2.07 bits per heavy atom. The van der Waals surface area contributed by atoms with E-state index in [1.165, 1.54) is 42.1 Å². The molecule has 14 heavy (non-hydrogen) atoms. The van der Waals surface area contributed by atoms with Crippen molar-refractivity contribution in [2.75, 3.05) is 0 Å². The van der Waals surface area contributed by atoms with Crippen molar-refractivity contribution in [1.29, 1.82) is 0 Å². The zero-order valence-electron chi connectivity index (χ0n) is 8.29. The van der Waals surface area contributed by atoms with Crippen molar-refractivity contribution in [1.82, 2.24) is 4.98 Å². The van der Waals surface area contributed by atoms with Gasteiger partial charge in [0, 0.05) is 17.1 Å². The molecule has 0 aliphatic heterocycles. The first-order valence-corrected chi connectivity index (χ1v) is 5.48. The first-order valence-electron chi connectivity index (χ1n) is 5.48. The van der Waals surface area contributed by atoms with E-state index in [1.54, 1.807) is 0 Å². The fourth-order valence-corrected chi connectivity index (χ4v) is 2.10. The number of fused-ring (bicyclic) bond motifs is 1. The number of aromatic amines is 1. The fraction of sp³-hybridized carbons (Fsp3) is 0.385. The molecule has 1 N–H and O–H groups in total. The lowest BCUT2D eigenvalue weighted by atomic mass is 10.1. The molecule has 1 aliphatic carbocycles. The Labute approximate surface area is 84.1 Å². The summed E-state index contributed by atoms with van der Waals surface area (Å²) in [5.74, 6) is 1.03. The molecular weight excluding hydrogens is 170 g/mol. The molecule has 0 spiro atoms. The summed E-state index contributed by atoms with van der Waals surface area (Å²) in [7, 11) is 0. The molecule has 1 fully saturated rings. The maximum absolute atomic E-state index is 3.33. The van der Waals surface area contributed by atoms with Gasteiger partial charge in [0.25, 0.3) is 0 Å². The molecule has 1 saturated carbocycles. The number of H-pyrrole nitrogens is 1. The molecule has 0 unspecified atom stereocenters. The van der Waals surface area contributed by atoms with Crippen LogP contribution in [-0.2, 0) is 6.42 Å². The van der Waals surface area contributed by atoms with Gasteiger partial charge in [0.2, 0.25) is 0 Å². The van der Waals surface area contributed by atoms with E-state index in [-0.39, 0.29) is 0 Å². The molecule has 1 heterocycles. The Morgan fingerprint density at radius 1 is 1.21 bits per heavy atom. The van der Waals surface area contributed by atoms with E-state index in [4.69, 9.17) is 0 Å². The van der Waals surface area contributed by atoms with Crippen LogP contribution in [0, 0.1) is 5.92 Å². The SMILES string of the molecule is c1ccc2c(CCC3CC3)c[nH]c2c1. The second kappa shape index (κ2) is 3.16. The number of hydrogen-bond donors (Lipinski definition) is 1. The summed E-state index contributed by atoms with van der Waals surface area (Å²) in [6.45, 7) is 0. The summed E-state index contributed by atoms with van der Waals surface area (Å²) in [6.07, 6.45) is 7.72. The van der Waals surface area contributed by atoms with Gasteiger partial charge in [-0.25, -0.2) is 0 Å². The number of nitrogens with one attached hydrogen (secondary N) is 1. The standard InChI is InChI=1S/C13H15N/c1-2-4-13-12(3-1)11(9-14-13)8-7-10-5-6-10/h1-4,9-10,14H,5-8H2. The van der Waals surface area contributed by atoms with Crippen LogP contribution in [0.5, 0.6) is 0 Å². The molecule has 0 amide bonds. The molecule has 3 rings (SSSR count). The molecule has 1 aromatic carbocycles. The Bertz CT molecular complexity index is 437. The van der Waals surface area contributed by atoms with Crippen LogP contribution in [0.15, 0.2) is 30.5 Å². The first-order chi connectivity index (χ1) is 6.93. The van der Waals surface area contributed by atoms with E-state index in [2.05, 4.69) is 35.4 Å². The molecule has 0 saturated heterocycles. The molecule has 2 aromatic rings. The second-order valence-electron chi connectivity index (χ2n) is 4.34. The third kappa shape index (κ3) is 1.43. The van der Waals surface area contributed by atoms with Crippen molar-refractivity contribution in [2.45, 2.75) is 25.7 Å². The number of rotatable bonds is 3. The van der Waals surface area contributed by atoms with Crippen molar-refractivity contribution in [3.05, 3.63) is 36.0 Å². The van der Waals surface area contributed by atoms with Crippen molar-refractivity contribution < 1.29 is 0 Å². The molecule has 0 radical (unpaired) electrons. The van der Waals surface area contributed by atoms with Gasteiger partial charge in [0.05, 0.1) is 0 Å². The molecule has 0 bridgehead atoms. The van der Waals surface area contributed by atoms with Gasteiger partial charge in [-0.1, -0.05) is 31.0 Å². The molecule has 1 heteroatoms. The van der Waals surface area contributed by atoms with Gasteiger partial charge in [0.15, 0.2) is 0 Å². The van der Waals surface area contributed by atoms with Crippen LogP contribution in [0.1, 0.15) is 24.8 Å². The second-order valence-corrected chi connectivity index (χ2v) is 4.34. The summed E-state index contributed by atoms with van der Waals surface area (Å²) in [6, 6.07) is 8.57. The lowest BCUT2D eigenvalue weighted by Crippen LogP contribution is -1.84. The highest BCUT2D eigenvalue weighted by molar-refractivity contribution is 5.82. The Hall–Kier alpha value is -1.24. The Kier molecular flexibility index (Phi) is 1.83. The Balaban J connectivity index is 1.87. The van der Waals surface area contributed by atoms with Gasteiger partial charge in [-0.15, -0.1) is 0 Å². The van der Waals surface area contributed by atoms with Crippen molar-refractivity contribution >= 4 is 10.9 Å². The predicted octanol–water partition coefficient (Wildman–Crippen LogP) is 3.51. The van der Waals surface area contributed by atoms with Gasteiger partial charge >= 0.3 is 0 Å². The molecule has 72 valence electrons. The maximum atomic E-state index is 3.33. The number of hydrogen-bond acceptors (Lipinski definition) is 0. The quantitative estimate of drug-likeness (QED) is 0.753. The molecule has 0 atom stereocenters. The van der Waals surface area contributed by atoms with Gasteiger partial charge in [-0.05, 0) is 30.4 Å². The highest BCUT2D eigenvalue weighted by Gasteiger charge is 2.20. The van der Waals surface area contributed by atoms with Crippen LogP contribution >= 0.6 is 0 Å². The van der Waals surface area contributed by atoms with E-state index >= 15 is 0 Å². The average Bonchev–Trinajstić information content (AvgIpc) is 2.96. The molecule has 1 nitrogen and oxygen atoms in total. The predicted molar refractivity (Wildman–Crippen MR) is 59.3 cm³/mol. The summed E-state index contributed by atoms with van der Waals surface area (Å²) >= 11 is 0. The summed E-state index contributed by atoms with van der Waals surface area (Å²) in [4.78, 5) is 3.33. The summed E-state index contributed by atoms with van der Waals surface area (Å²) in [5.41, 5.74) is 2.77. The van der Waals surface area contributed by atoms with E-state index in [9.17, 15) is 0 Å². The third-order valence-electron chi connectivity index (χ3n) is 3.19. The van der Waals surface area contributed by atoms with E-state index in [1.807, 2.05) is 0 Å². The van der Waals surface area contributed by atoms with Crippen molar-refractivity contribution in [2.24, 2.45) is 5.92 Å². The van der Waals surface area contributed by atoms with Gasteiger partial charge < -0.3 is 4.98 Å². The number of aromatic nitrogens is 1. The van der Waals surface area contributed by atoms with Gasteiger partial charge in [0.1, 0.15) is 0 Å². The molecular formula is C13H15N. The zero-order valence-corrected chi connectivity index (χ0v) is 8.29. The average molecular weight is 185 g/mol. The highest BCUT2D eigenvalue weighted by atomic mass is 14.7. The largest absolute Gasteiger partial charge is 0.361 e. The fourth-order valence-electron chi connectivity index (χ4n) is 2.10. The minimum absolute atomic E-state index is 1.03. The number of aryl methyl sites for hydroxylation is 1. The van der Waals surface area contributed by atoms with E-state index < -0.39 is 0 Å². The van der Waals surface area contributed by atoms with Crippen molar-refractivity contribution in [3.63, 3.8) is 0 Å².